The normalized spacial score (nSPS) is 16.8. The summed E-state index contributed by atoms with van der Waals surface area (Å²) in [6.45, 7) is 5.07. The lowest BCUT2D eigenvalue weighted by atomic mass is 9.96. The van der Waals surface area contributed by atoms with E-state index in [-0.39, 0.29) is 42.1 Å². The molecule has 12 heteroatoms. The highest BCUT2D eigenvalue weighted by Crippen LogP contribution is 2.37. The molecule has 1 saturated heterocycles. The van der Waals surface area contributed by atoms with Gasteiger partial charge in [-0.25, -0.2) is 23.4 Å². The minimum Gasteiger partial charge on any atom is -0.348 e. The van der Waals surface area contributed by atoms with E-state index in [1.807, 2.05) is 20.8 Å². The van der Waals surface area contributed by atoms with Crippen molar-refractivity contribution in [3.05, 3.63) is 40.2 Å². The van der Waals surface area contributed by atoms with Gasteiger partial charge in [0.15, 0.2) is 17.0 Å². The molecule has 1 fully saturated rings. The summed E-state index contributed by atoms with van der Waals surface area (Å²) >= 11 is 6.03. The van der Waals surface area contributed by atoms with Gasteiger partial charge in [-0.15, -0.1) is 5.10 Å². The van der Waals surface area contributed by atoms with Crippen LogP contribution in [0.5, 0.6) is 0 Å². The van der Waals surface area contributed by atoms with Gasteiger partial charge in [0.05, 0.1) is 23.7 Å². The van der Waals surface area contributed by atoms with Gasteiger partial charge in [-0.1, -0.05) is 49.7 Å². The summed E-state index contributed by atoms with van der Waals surface area (Å²) in [5, 5.41) is 7.66. The first-order valence-electron chi connectivity index (χ1n) is 9.85. The van der Waals surface area contributed by atoms with Crippen LogP contribution in [0.15, 0.2) is 18.2 Å². The van der Waals surface area contributed by atoms with E-state index in [4.69, 9.17) is 11.6 Å². The number of anilines is 1. The summed E-state index contributed by atoms with van der Waals surface area (Å²) in [5.74, 6) is -2.23. The van der Waals surface area contributed by atoms with Gasteiger partial charge in [0.1, 0.15) is 5.82 Å². The number of rotatable bonds is 3. The van der Waals surface area contributed by atoms with E-state index in [9.17, 15) is 22.0 Å². The van der Waals surface area contributed by atoms with Crippen LogP contribution in [0.4, 0.5) is 27.8 Å². The lowest BCUT2D eigenvalue weighted by molar-refractivity contribution is -0.137. The van der Waals surface area contributed by atoms with E-state index in [2.05, 4.69) is 20.3 Å². The molecule has 0 bridgehead atoms. The van der Waals surface area contributed by atoms with Gasteiger partial charge in [0, 0.05) is 18.4 Å². The molecule has 32 heavy (non-hydrogen) atoms. The summed E-state index contributed by atoms with van der Waals surface area (Å²) < 4.78 is 68.7. The second kappa shape index (κ2) is 7.50. The standard InChI is InChI=1S/C20H20ClF5N6/c1-18(2,3)17-27-15(31-8-7-19(22,23)10-31)14-16(28-17)32(30-29-14)9-11-5-4-6-12(13(11)21)20(24,25)26/h4-6H,7-10H2,1-3H3. The van der Waals surface area contributed by atoms with Crippen LogP contribution < -0.4 is 4.90 Å². The zero-order valence-corrected chi connectivity index (χ0v) is 18.3. The Balaban J connectivity index is 1.82. The second-order valence-corrected chi connectivity index (χ2v) is 9.22. The summed E-state index contributed by atoms with van der Waals surface area (Å²) in [7, 11) is 0. The van der Waals surface area contributed by atoms with Crippen molar-refractivity contribution in [2.45, 2.75) is 51.3 Å². The van der Waals surface area contributed by atoms with Crippen molar-refractivity contribution in [2.75, 3.05) is 18.0 Å². The van der Waals surface area contributed by atoms with Gasteiger partial charge in [0.25, 0.3) is 5.92 Å². The third-order valence-electron chi connectivity index (χ3n) is 5.19. The Hall–Kier alpha value is -2.56. The van der Waals surface area contributed by atoms with Gasteiger partial charge in [-0.3, -0.25) is 0 Å². The molecule has 3 heterocycles. The van der Waals surface area contributed by atoms with Crippen molar-refractivity contribution in [1.82, 2.24) is 25.0 Å². The lowest BCUT2D eigenvalue weighted by Gasteiger charge is -2.22. The Morgan fingerprint density at radius 1 is 1.12 bits per heavy atom. The average molecular weight is 475 g/mol. The molecule has 2 aromatic heterocycles. The number of aromatic nitrogens is 5. The number of hydrogen-bond acceptors (Lipinski definition) is 5. The number of alkyl halides is 5. The van der Waals surface area contributed by atoms with Crippen molar-refractivity contribution in [2.24, 2.45) is 0 Å². The maximum absolute atomic E-state index is 13.9. The first-order chi connectivity index (χ1) is 14.8. The zero-order valence-electron chi connectivity index (χ0n) is 17.5. The summed E-state index contributed by atoms with van der Waals surface area (Å²) in [5.41, 5.74) is -0.847. The maximum Gasteiger partial charge on any atom is 0.417 e. The predicted octanol–water partition coefficient (Wildman–Crippen LogP) is 5.08. The highest BCUT2D eigenvalue weighted by Gasteiger charge is 2.40. The van der Waals surface area contributed by atoms with E-state index in [0.29, 0.717) is 5.82 Å². The molecule has 1 aromatic carbocycles. The van der Waals surface area contributed by atoms with Gasteiger partial charge in [0.2, 0.25) is 0 Å². The molecule has 0 unspecified atom stereocenters. The van der Waals surface area contributed by atoms with Crippen LogP contribution in [0.3, 0.4) is 0 Å². The molecule has 0 radical (unpaired) electrons. The summed E-state index contributed by atoms with van der Waals surface area (Å²) in [6, 6.07) is 3.62. The fourth-order valence-corrected chi connectivity index (χ4v) is 3.80. The van der Waals surface area contributed by atoms with Crippen LogP contribution in [0, 0.1) is 0 Å². The van der Waals surface area contributed by atoms with Crippen molar-refractivity contribution in [3.63, 3.8) is 0 Å². The Kier molecular flexibility index (Phi) is 5.30. The molecule has 6 nitrogen and oxygen atoms in total. The Bertz CT molecular complexity index is 1170. The summed E-state index contributed by atoms with van der Waals surface area (Å²) in [4.78, 5) is 10.5. The van der Waals surface area contributed by atoms with Crippen molar-refractivity contribution >= 4 is 28.6 Å². The zero-order chi connectivity index (χ0) is 23.5. The molecule has 0 N–H and O–H groups in total. The Labute approximate surface area is 185 Å². The smallest absolute Gasteiger partial charge is 0.348 e. The lowest BCUT2D eigenvalue weighted by Crippen LogP contribution is -2.27. The molecule has 1 aliphatic heterocycles. The van der Waals surface area contributed by atoms with Crippen LogP contribution in [0.2, 0.25) is 5.02 Å². The molecular formula is C20H20ClF5N6. The number of benzene rings is 1. The fraction of sp³-hybridized carbons (Fsp3) is 0.500. The largest absolute Gasteiger partial charge is 0.417 e. The van der Waals surface area contributed by atoms with E-state index < -0.39 is 34.6 Å². The monoisotopic (exact) mass is 474 g/mol. The van der Waals surface area contributed by atoms with E-state index in [0.717, 1.165) is 6.07 Å². The highest BCUT2D eigenvalue weighted by molar-refractivity contribution is 6.32. The predicted molar refractivity (Wildman–Crippen MR) is 109 cm³/mol. The van der Waals surface area contributed by atoms with E-state index >= 15 is 0 Å². The first kappa shape index (κ1) is 22.6. The molecule has 0 atom stereocenters. The quantitative estimate of drug-likeness (QED) is 0.495. The van der Waals surface area contributed by atoms with Crippen LogP contribution in [0.1, 0.15) is 44.1 Å². The van der Waals surface area contributed by atoms with Gasteiger partial charge >= 0.3 is 6.18 Å². The molecule has 1 aliphatic rings. The van der Waals surface area contributed by atoms with Crippen LogP contribution in [0.25, 0.3) is 11.2 Å². The number of fused-ring (bicyclic) bond motifs is 1. The van der Waals surface area contributed by atoms with Crippen LogP contribution in [-0.4, -0.2) is 44.0 Å². The SMILES string of the molecule is CC(C)(C)c1nc(N2CCC(F)(F)C2)c2nnn(Cc3cccc(C(F)(F)F)c3Cl)c2n1. The minimum atomic E-state index is -4.60. The molecule has 0 amide bonds. The highest BCUT2D eigenvalue weighted by atomic mass is 35.5. The molecule has 0 saturated carbocycles. The number of nitrogens with zero attached hydrogens (tertiary/aromatic N) is 6. The topological polar surface area (TPSA) is 59.7 Å². The Morgan fingerprint density at radius 3 is 2.44 bits per heavy atom. The minimum absolute atomic E-state index is 0.0923. The number of hydrogen-bond donors (Lipinski definition) is 0. The van der Waals surface area contributed by atoms with Crippen molar-refractivity contribution < 1.29 is 22.0 Å². The maximum atomic E-state index is 13.9. The molecule has 4 rings (SSSR count). The van der Waals surface area contributed by atoms with Gasteiger partial charge in [-0.2, -0.15) is 13.2 Å². The third kappa shape index (κ3) is 4.22. The van der Waals surface area contributed by atoms with Crippen molar-refractivity contribution in [1.29, 1.82) is 0 Å². The molecule has 3 aromatic rings. The van der Waals surface area contributed by atoms with Gasteiger partial charge in [-0.05, 0) is 11.6 Å². The van der Waals surface area contributed by atoms with Crippen molar-refractivity contribution in [3.8, 4) is 0 Å². The van der Waals surface area contributed by atoms with E-state index in [1.54, 1.807) is 0 Å². The molecule has 172 valence electrons. The second-order valence-electron chi connectivity index (χ2n) is 8.84. The first-order valence-corrected chi connectivity index (χ1v) is 10.2. The van der Waals surface area contributed by atoms with Crippen LogP contribution >= 0.6 is 11.6 Å². The number of halogens is 6. The van der Waals surface area contributed by atoms with E-state index in [1.165, 1.54) is 21.7 Å². The molecule has 0 spiro atoms. The van der Waals surface area contributed by atoms with Gasteiger partial charge < -0.3 is 4.90 Å². The average Bonchev–Trinajstić information content (AvgIpc) is 3.24. The molecule has 0 aliphatic carbocycles. The molecular weight excluding hydrogens is 455 g/mol. The fourth-order valence-electron chi connectivity index (χ4n) is 3.50. The third-order valence-corrected chi connectivity index (χ3v) is 5.63. The van der Waals surface area contributed by atoms with Crippen LogP contribution in [-0.2, 0) is 18.1 Å². The summed E-state index contributed by atoms with van der Waals surface area (Å²) in [6.07, 6.45) is -4.91. The Morgan fingerprint density at radius 2 is 1.84 bits per heavy atom.